The lowest BCUT2D eigenvalue weighted by molar-refractivity contribution is 0.0846. The first-order chi connectivity index (χ1) is 11.2. The van der Waals surface area contributed by atoms with E-state index >= 15 is 0 Å². The van der Waals surface area contributed by atoms with Crippen LogP contribution in [0.15, 0.2) is 24.3 Å². The molecule has 0 aliphatic heterocycles. The molecule has 2 aliphatic carbocycles. The summed E-state index contributed by atoms with van der Waals surface area (Å²) in [5.74, 6) is 0. The summed E-state index contributed by atoms with van der Waals surface area (Å²) in [6.45, 7) is 2.04. The monoisotopic (exact) mass is 336 g/mol. The molecule has 3 nitrogen and oxygen atoms in total. The Morgan fingerprint density at radius 2 is 1.22 bits per heavy atom. The normalized spacial score (nSPS) is 21.4. The van der Waals surface area contributed by atoms with Gasteiger partial charge in [-0.3, -0.25) is 4.57 Å². The number of benzene rings is 1. The highest BCUT2D eigenvalue weighted by Crippen LogP contribution is 2.52. The van der Waals surface area contributed by atoms with Crippen molar-refractivity contribution < 1.29 is 13.6 Å². The number of hydrogen-bond donors (Lipinski definition) is 0. The zero-order chi connectivity index (χ0) is 16.1. The van der Waals surface area contributed by atoms with Gasteiger partial charge in [0.15, 0.2) is 0 Å². The third-order valence-corrected chi connectivity index (χ3v) is 7.11. The van der Waals surface area contributed by atoms with Gasteiger partial charge in [-0.25, -0.2) is 0 Å². The fourth-order valence-corrected chi connectivity index (χ4v) is 5.62. The summed E-state index contributed by atoms with van der Waals surface area (Å²) in [5.41, 5.74) is 1.16. The molecular formula is C19H29O3P. The van der Waals surface area contributed by atoms with E-state index in [9.17, 15) is 4.57 Å². The minimum atomic E-state index is -3.23. The van der Waals surface area contributed by atoms with Crippen LogP contribution >= 0.6 is 7.60 Å². The van der Waals surface area contributed by atoms with E-state index < -0.39 is 7.60 Å². The van der Waals surface area contributed by atoms with Gasteiger partial charge >= 0.3 is 7.60 Å². The molecule has 0 saturated heterocycles. The molecule has 2 fully saturated rings. The van der Waals surface area contributed by atoms with Crippen molar-refractivity contribution in [3.8, 4) is 0 Å². The van der Waals surface area contributed by atoms with Gasteiger partial charge in [0, 0.05) is 0 Å². The first kappa shape index (κ1) is 17.2. The summed E-state index contributed by atoms with van der Waals surface area (Å²) in [6, 6.07) is 7.83. The zero-order valence-corrected chi connectivity index (χ0v) is 15.1. The number of rotatable bonds is 5. The molecule has 128 valence electrons. The van der Waals surface area contributed by atoms with Crippen molar-refractivity contribution in [3.63, 3.8) is 0 Å². The fourth-order valence-electron chi connectivity index (χ4n) is 3.61. The minimum absolute atomic E-state index is 0.0828. The van der Waals surface area contributed by atoms with Crippen LogP contribution < -0.4 is 5.30 Å². The summed E-state index contributed by atoms with van der Waals surface area (Å²) in [7, 11) is -3.23. The Morgan fingerprint density at radius 1 is 0.783 bits per heavy atom. The van der Waals surface area contributed by atoms with Crippen LogP contribution in [0.5, 0.6) is 0 Å². The van der Waals surface area contributed by atoms with Crippen molar-refractivity contribution in [3.05, 3.63) is 29.8 Å². The Balaban J connectivity index is 1.78. The first-order valence-electron chi connectivity index (χ1n) is 9.20. The average Bonchev–Trinajstić information content (AvgIpc) is 2.57. The second-order valence-electron chi connectivity index (χ2n) is 7.06. The van der Waals surface area contributed by atoms with Crippen LogP contribution in [0, 0.1) is 6.92 Å². The molecule has 23 heavy (non-hydrogen) atoms. The molecule has 0 heterocycles. The van der Waals surface area contributed by atoms with Gasteiger partial charge in [0.1, 0.15) is 0 Å². The van der Waals surface area contributed by atoms with Crippen molar-refractivity contribution in [2.45, 2.75) is 83.3 Å². The minimum Gasteiger partial charge on any atom is -0.302 e. The molecule has 0 radical (unpaired) electrons. The Hall–Kier alpha value is -0.630. The summed E-state index contributed by atoms with van der Waals surface area (Å²) in [5, 5.41) is 0.722. The van der Waals surface area contributed by atoms with Gasteiger partial charge in [-0.2, -0.15) is 0 Å². The fraction of sp³-hybridized carbons (Fsp3) is 0.684. The average molecular weight is 336 g/mol. The van der Waals surface area contributed by atoms with E-state index in [0.29, 0.717) is 0 Å². The Bertz CT molecular complexity index is 504. The maximum Gasteiger partial charge on any atom is 0.361 e. The third-order valence-electron chi connectivity index (χ3n) is 5.03. The molecule has 4 heteroatoms. The van der Waals surface area contributed by atoms with Crippen LogP contribution in [-0.4, -0.2) is 12.2 Å². The van der Waals surface area contributed by atoms with E-state index in [1.807, 2.05) is 31.2 Å². The van der Waals surface area contributed by atoms with Gasteiger partial charge in [0.25, 0.3) is 0 Å². The Morgan fingerprint density at radius 3 is 1.65 bits per heavy atom. The smallest absolute Gasteiger partial charge is 0.302 e. The van der Waals surface area contributed by atoms with E-state index in [-0.39, 0.29) is 12.2 Å². The molecule has 3 rings (SSSR count). The lowest BCUT2D eigenvalue weighted by Crippen LogP contribution is -2.24. The number of aryl methyl sites for hydroxylation is 1. The molecular weight excluding hydrogens is 307 g/mol. The van der Waals surface area contributed by atoms with E-state index in [1.165, 1.54) is 38.5 Å². The van der Waals surface area contributed by atoms with Crippen molar-refractivity contribution in [1.29, 1.82) is 0 Å². The standard InChI is InChI=1S/C19H29O3P/c1-16-12-14-19(15-13-16)23(20,21-17-8-4-2-5-9-17)22-18-10-6-3-7-11-18/h12-15,17-18H,2-11H2,1H3. The molecule has 1 aromatic rings. The van der Waals surface area contributed by atoms with E-state index in [0.717, 1.165) is 36.6 Å². The molecule has 0 unspecified atom stereocenters. The molecule has 0 N–H and O–H groups in total. The van der Waals surface area contributed by atoms with Crippen LogP contribution in [0.2, 0.25) is 0 Å². The molecule has 0 bridgehead atoms. The van der Waals surface area contributed by atoms with Gasteiger partial charge in [0.05, 0.1) is 17.5 Å². The van der Waals surface area contributed by atoms with Gasteiger partial charge in [-0.15, -0.1) is 0 Å². The van der Waals surface area contributed by atoms with E-state index in [2.05, 4.69) is 0 Å². The summed E-state index contributed by atoms with van der Waals surface area (Å²) in [4.78, 5) is 0. The van der Waals surface area contributed by atoms with Crippen LogP contribution in [0.4, 0.5) is 0 Å². The highest BCUT2D eigenvalue weighted by Gasteiger charge is 2.35. The highest BCUT2D eigenvalue weighted by atomic mass is 31.2. The SMILES string of the molecule is Cc1ccc(P(=O)(OC2CCCCC2)OC2CCCCC2)cc1. The van der Waals surface area contributed by atoms with Crippen LogP contribution in [-0.2, 0) is 13.6 Å². The van der Waals surface area contributed by atoms with Gasteiger partial charge < -0.3 is 9.05 Å². The van der Waals surface area contributed by atoms with Crippen molar-refractivity contribution in [2.75, 3.05) is 0 Å². The maximum absolute atomic E-state index is 13.6. The predicted octanol–water partition coefficient (Wildman–Crippen LogP) is 5.51. The maximum atomic E-state index is 13.6. The van der Waals surface area contributed by atoms with Crippen molar-refractivity contribution in [2.24, 2.45) is 0 Å². The molecule has 2 saturated carbocycles. The Labute approximate surface area is 140 Å². The quantitative estimate of drug-likeness (QED) is 0.665. The van der Waals surface area contributed by atoms with Crippen LogP contribution in [0.1, 0.15) is 69.8 Å². The van der Waals surface area contributed by atoms with Crippen LogP contribution in [0.25, 0.3) is 0 Å². The lowest BCUT2D eigenvalue weighted by atomic mass is 9.98. The summed E-state index contributed by atoms with van der Waals surface area (Å²) in [6.07, 6.45) is 11.4. The van der Waals surface area contributed by atoms with Crippen molar-refractivity contribution >= 4 is 12.9 Å². The molecule has 0 atom stereocenters. The van der Waals surface area contributed by atoms with Crippen LogP contribution in [0.3, 0.4) is 0 Å². The van der Waals surface area contributed by atoms with E-state index in [1.54, 1.807) is 0 Å². The molecule has 0 spiro atoms. The summed E-state index contributed by atoms with van der Waals surface area (Å²) < 4.78 is 25.9. The predicted molar refractivity (Wildman–Crippen MR) is 94.3 cm³/mol. The molecule has 1 aromatic carbocycles. The zero-order valence-electron chi connectivity index (χ0n) is 14.2. The third kappa shape index (κ3) is 4.68. The topological polar surface area (TPSA) is 35.5 Å². The first-order valence-corrected chi connectivity index (χ1v) is 10.7. The molecule has 0 aromatic heterocycles. The van der Waals surface area contributed by atoms with E-state index in [4.69, 9.17) is 9.05 Å². The van der Waals surface area contributed by atoms with Crippen molar-refractivity contribution in [1.82, 2.24) is 0 Å². The second-order valence-corrected chi connectivity index (χ2v) is 9.00. The number of hydrogen-bond acceptors (Lipinski definition) is 3. The highest BCUT2D eigenvalue weighted by molar-refractivity contribution is 7.62. The van der Waals surface area contributed by atoms with Gasteiger partial charge in [-0.1, -0.05) is 56.2 Å². The summed E-state index contributed by atoms with van der Waals surface area (Å²) >= 11 is 0. The lowest BCUT2D eigenvalue weighted by Gasteiger charge is -2.31. The largest absolute Gasteiger partial charge is 0.361 e. The second kappa shape index (κ2) is 7.96. The van der Waals surface area contributed by atoms with Gasteiger partial charge in [0.2, 0.25) is 0 Å². The molecule has 0 amide bonds. The molecule has 2 aliphatic rings. The van der Waals surface area contributed by atoms with Gasteiger partial charge in [-0.05, 0) is 44.7 Å². The Kier molecular flexibility index (Phi) is 5.96.